The van der Waals surface area contributed by atoms with Crippen molar-refractivity contribution in [1.82, 2.24) is 0 Å². The first kappa shape index (κ1) is 13.0. The summed E-state index contributed by atoms with van der Waals surface area (Å²) in [6.07, 6.45) is 1.50. The van der Waals surface area contributed by atoms with Gasteiger partial charge in [0.25, 0.3) is 0 Å². The lowest BCUT2D eigenvalue weighted by molar-refractivity contribution is -0.129. The molecule has 2 heterocycles. The van der Waals surface area contributed by atoms with E-state index in [2.05, 4.69) is 4.99 Å². The Bertz CT molecular complexity index is 731. The molecule has 1 aliphatic rings. The van der Waals surface area contributed by atoms with Crippen LogP contribution < -0.4 is 0 Å². The molecular formula is C14H7FINO3. The number of aliphatic imine (C=N–C) groups is 1. The molecule has 0 spiro atoms. The predicted molar refractivity (Wildman–Crippen MR) is 78.4 cm³/mol. The molecule has 0 aliphatic carbocycles. The molecule has 0 unspecified atom stereocenters. The topological polar surface area (TPSA) is 51.8 Å². The molecule has 1 aliphatic heterocycles. The fourth-order valence-electron chi connectivity index (χ4n) is 1.67. The zero-order chi connectivity index (χ0) is 14.1. The van der Waals surface area contributed by atoms with E-state index in [9.17, 15) is 9.18 Å². The van der Waals surface area contributed by atoms with Crippen molar-refractivity contribution in [3.8, 4) is 0 Å². The Morgan fingerprint density at radius 2 is 1.90 bits per heavy atom. The van der Waals surface area contributed by atoms with Crippen molar-refractivity contribution in [3.05, 3.63) is 63.0 Å². The number of hydrogen-bond donors (Lipinski definition) is 0. The molecule has 0 fully saturated rings. The number of cyclic esters (lactones) is 1. The highest BCUT2D eigenvalue weighted by molar-refractivity contribution is 14.1. The summed E-state index contributed by atoms with van der Waals surface area (Å²) in [5.74, 6) is -0.247. The van der Waals surface area contributed by atoms with Gasteiger partial charge >= 0.3 is 5.97 Å². The van der Waals surface area contributed by atoms with Crippen LogP contribution in [-0.4, -0.2) is 11.9 Å². The van der Waals surface area contributed by atoms with Gasteiger partial charge in [-0.2, -0.15) is 0 Å². The number of rotatable bonds is 2. The van der Waals surface area contributed by atoms with E-state index in [0.717, 1.165) is 0 Å². The Kier molecular flexibility index (Phi) is 3.39. The summed E-state index contributed by atoms with van der Waals surface area (Å²) in [7, 11) is 0. The van der Waals surface area contributed by atoms with Crippen LogP contribution in [0.25, 0.3) is 6.08 Å². The molecule has 0 saturated heterocycles. The molecule has 0 amide bonds. The van der Waals surface area contributed by atoms with Gasteiger partial charge in [-0.25, -0.2) is 14.2 Å². The molecular weight excluding hydrogens is 376 g/mol. The summed E-state index contributed by atoms with van der Waals surface area (Å²) in [5, 5.41) is 0. The number of carbonyl (C=O) groups excluding carboxylic acids is 1. The molecule has 0 atom stereocenters. The van der Waals surface area contributed by atoms with Crippen molar-refractivity contribution in [2.24, 2.45) is 4.99 Å². The van der Waals surface area contributed by atoms with Gasteiger partial charge in [0.05, 0.1) is 0 Å². The number of carbonyl (C=O) groups is 1. The van der Waals surface area contributed by atoms with Crippen LogP contribution in [0.5, 0.6) is 0 Å². The second-order valence-corrected chi connectivity index (χ2v) is 5.05. The van der Waals surface area contributed by atoms with Gasteiger partial charge in [-0.3, -0.25) is 0 Å². The molecule has 6 heteroatoms. The molecule has 4 nitrogen and oxygen atoms in total. The second kappa shape index (κ2) is 5.20. The van der Waals surface area contributed by atoms with E-state index in [1.807, 2.05) is 22.6 Å². The van der Waals surface area contributed by atoms with Gasteiger partial charge < -0.3 is 9.15 Å². The molecule has 0 radical (unpaired) electrons. The molecule has 0 N–H and O–H groups in total. The highest BCUT2D eigenvalue weighted by Gasteiger charge is 2.24. The minimum Gasteiger partial charge on any atom is -0.451 e. The van der Waals surface area contributed by atoms with Crippen molar-refractivity contribution in [1.29, 1.82) is 0 Å². The monoisotopic (exact) mass is 383 g/mol. The number of halogens is 2. The second-order valence-electron chi connectivity index (χ2n) is 3.98. The standard InChI is InChI=1S/C14H7FINO3/c15-9-3-1-8(2-4-9)13-17-11(14(18)20-13)7-10-5-6-12(16)19-10/h1-7H. The minimum absolute atomic E-state index is 0.148. The molecule has 1 aromatic carbocycles. The smallest absolute Gasteiger partial charge is 0.363 e. The molecule has 100 valence electrons. The Labute approximate surface area is 127 Å². The van der Waals surface area contributed by atoms with Gasteiger partial charge in [0.1, 0.15) is 11.6 Å². The third-order valence-corrected chi connectivity index (χ3v) is 3.16. The van der Waals surface area contributed by atoms with E-state index in [1.54, 1.807) is 12.1 Å². The van der Waals surface area contributed by atoms with E-state index < -0.39 is 5.97 Å². The Balaban J connectivity index is 1.92. The lowest BCUT2D eigenvalue weighted by Gasteiger charge is -1.98. The highest BCUT2D eigenvalue weighted by atomic mass is 127. The van der Waals surface area contributed by atoms with Crippen LogP contribution in [0.3, 0.4) is 0 Å². The highest BCUT2D eigenvalue weighted by Crippen LogP contribution is 2.20. The van der Waals surface area contributed by atoms with Gasteiger partial charge in [0.2, 0.25) is 5.90 Å². The minimum atomic E-state index is -0.560. The SMILES string of the molecule is O=C1OC(c2ccc(F)cc2)=NC1=Cc1ccc(I)o1. The van der Waals surface area contributed by atoms with Crippen molar-refractivity contribution in [2.75, 3.05) is 0 Å². The number of hydrogen-bond acceptors (Lipinski definition) is 4. The first-order chi connectivity index (χ1) is 9.61. The maximum absolute atomic E-state index is 12.8. The van der Waals surface area contributed by atoms with Crippen LogP contribution in [0.4, 0.5) is 4.39 Å². The first-order valence-electron chi connectivity index (χ1n) is 5.66. The number of esters is 1. The number of ether oxygens (including phenoxy) is 1. The van der Waals surface area contributed by atoms with Crippen molar-refractivity contribution < 1.29 is 18.3 Å². The van der Waals surface area contributed by atoms with Gasteiger partial charge in [-0.15, -0.1) is 0 Å². The van der Waals surface area contributed by atoms with E-state index in [1.165, 1.54) is 30.3 Å². The Morgan fingerprint density at radius 3 is 2.55 bits per heavy atom. The number of nitrogens with zero attached hydrogens (tertiary/aromatic N) is 1. The van der Waals surface area contributed by atoms with Crippen LogP contribution in [-0.2, 0) is 9.53 Å². The third-order valence-electron chi connectivity index (χ3n) is 2.58. The molecule has 3 rings (SSSR count). The van der Waals surface area contributed by atoms with Crippen LogP contribution in [0.1, 0.15) is 11.3 Å². The van der Waals surface area contributed by atoms with Crippen molar-refractivity contribution >= 4 is 40.5 Å². The van der Waals surface area contributed by atoms with E-state index in [0.29, 0.717) is 15.1 Å². The van der Waals surface area contributed by atoms with Crippen LogP contribution in [0.2, 0.25) is 0 Å². The fraction of sp³-hybridized carbons (Fsp3) is 0. The molecule has 20 heavy (non-hydrogen) atoms. The normalized spacial score (nSPS) is 16.4. The molecule has 2 aromatic rings. The molecule has 0 saturated carbocycles. The summed E-state index contributed by atoms with van der Waals surface area (Å²) in [5.41, 5.74) is 0.687. The zero-order valence-electron chi connectivity index (χ0n) is 9.97. The third kappa shape index (κ3) is 2.64. The van der Waals surface area contributed by atoms with Gasteiger partial charge in [0.15, 0.2) is 9.46 Å². The maximum Gasteiger partial charge on any atom is 0.363 e. The zero-order valence-corrected chi connectivity index (χ0v) is 12.1. The Hall–Kier alpha value is -1.96. The average Bonchev–Trinajstić information content (AvgIpc) is 2.98. The summed E-state index contributed by atoms with van der Waals surface area (Å²) < 4.78 is 23.9. The maximum atomic E-state index is 12.8. The van der Waals surface area contributed by atoms with Crippen LogP contribution in [0, 0.1) is 9.58 Å². The van der Waals surface area contributed by atoms with E-state index >= 15 is 0 Å². The Morgan fingerprint density at radius 1 is 1.15 bits per heavy atom. The average molecular weight is 383 g/mol. The number of benzene rings is 1. The van der Waals surface area contributed by atoms with Crippen molar-refractivity contribution in [2.45, 2.75) is 0 Å². The lowest BCUT2D eigenvalue weighted by Crippen LogP contribution is -2.05. The lowest BCUT2D eigenvalue weighted by atomic mass is 10.2. The van der Waals surface area contributed by atoms with Gasteiger partial charge in [-0.1, -0.05) is 0 Å². The largest absolute Gasteiger partial charge is 0.451 e. The van der Waals surface area contributed by atoms with Gasteiger partial charge in [-0.05, 0) is 59.0 Å². The molecule has 1 aromatic heterocycles. The first-order valence-corrected chi connectivity index (χ1v) is 6.73. The van der Waals surface area contributed by atoms with Crippen molar-refractivity contribution in [3.63, 3.8) is 0 Å². The summed E-state index contributed by atoms with van der Waals surface area (Å²) in [4.78, 5) is 15.8. The molecule has 0 bridgehead atoms. The number of furan rings is 1. The summed E-state index contributed by atoms with van der Waals surface area (Å²) in [6, 6.07) is 9.07. The van der Waals surface area contributed by atoms with Crippen LogP contribution >= 0.6 is 22.6 Å². The summed E-state index contributed by atoms with van der Waals surface area (Å²) >= 11 is 2.03. The quantitative estimate of drug-likeness (QED) is 0.454. The summed E-state index contributed by atoms with van der Waals surface area (Å²) in [6.45, 7) is 0. The van der Waals surface area contributed by atoms with E-state index in [4.69, 9.17) is 9.15 Å². The van der Waals surface area contributed by atoms with E-state index in [-0.39, 0.29) is 17.4 Å². The van der Waals surface area contributed by atoms with Gasteiger partial charge in [0, 0.05) is 11.6 Å². The fourth-order valence-corrected chi connectivity index (χ4v) is 2.10. The van der Waals surface area contributed by atoms with Crippen LogP contribution in [0.15, 0.2) is 51.5 Å². The predicted octanol–water partition coefficient (Wildman–Crippen LogP) is 3.37.